The third-order valence-electron chi connectivity index (χ3n) is 1.51. The standard InChI is InChI=1S/C8H5BrN2O2/c9-8-11-10-7(13-8)5-1-3-6(12)4-2-5/h1-4,12H. The SMILES string of the molecule is Oc1ccc(-c2nnc(Br)o2)cc1. The number of aromatic nitrogens is 2. The summed E-state index contributed by atoms with van der Waals surface area (Å²) in [6, 6.07) is 6.53. The van der Waals surface area contributed by atoms with Crippen molar-refractivity contribution in [1.29, 1.82) is 0 Å². The van der Waals surface area contributed by atoms with Gasteiger partial charge in [-0.2, -0.15) is 0 Å². The molecule has 0 aliphatic rings. The van der Waals surface area contributed by atoms with Gasteiger partial charge in [-0.15, -0.1) is 10.2 Å². The predicted octanol–water partition coefficient (Wildman–Crippen LogP) is 2.20. The maximum atomic E-state index is 9.03. The molecule has 1 heterocycles. The van der Waals surface area contributed by atoms with Crippen molar-refractivity contribution in [3.8, 4) is 17.2 Å². The summed E-state index contributed by atoms with van der Waals surface area (Å²) in [6.45, 7) is 0. The summed E-state index contributed by atoms with van der Waals surface area (Å²) in [5, 5.41) is 16.5. The van der Waals surface area contributed by atoms with Gasteiger partial charge in [0.1, 0.15) is 5.75 Å². The smallest absolute Gasteiger partial charge is 0.285 e. The van der Waals surface area contributed by atoms with Crippen LogP contribution in [0.1, 0.15) is 0 Å². The number of phenols is 1. The van der Waals surface area contributed by atoms with E-state index < -0.39 is 0 Å². The van der Waals surface area contributed by atoms with Crippen LogP contribution in [0.5, 0.6) is 5.75 Å². The van der Waals surface area contributed by atoms with E-state index in [9.17, 15) is 0 Å². The van der Waals surface area contributed by atoms with Gasteiger partial charge in [0.2, 0.25) is 5.89 Å². The number of hydrogen-bond donors (Lipinski definition) is 1. The van der Waals surface area contributed by atoms with Crippen LogP contribution in [0.3, 0.4) is 0 Å². The van der Waals surface area contributed by atoms with Crippen molar-refractivity contribution in [3.05, 3.63) is 29.1 Å². The first kappa shape index (κ1) is 8.25. The monoisotopic (exact) mass is 240 g/mol. The van der Waals surface area contributed by atoms with Gasteiger partial charge in [0.15, 0.2) is 0 Å². The summed E-state index contributed by atoms with van der Waals surface area (Å²) in [5.74, 6) is 0.634. The molecule has 0 saturated carbocycles. The summed E-state index contributed by atoms with van der Waals surface area (Å²) < 4.78 is 5.12. The lowest BCUT2D eigenvalue weighted by Gasteiger charge is -1.93. The average molecular weight is 241 g/mol. The number of benzene rings is 1. The number of nitrogens with zero attached hydrogens (tertiary/aromatic N) is 2. The van der Waals surface area contributed by atoms with Crippen LogP contribution < -0.4 is 0 Å². The maximum absolute atomic E-state index is 9.03. The molecule has 0 atom stereocenters. The summed E-state index contributed by atoms with van der Waals surface area (Å²) in [5.41, 5.74) is 0.774. The highest BCUT2D eigenvalue weighted by atomic mass is 79.9. The van der Waals surface area contributed by atoms with Crippen molar-refractivity contribution >= 4 is 15.9 Å². The number of hydrogen-bond acceptors (Lipinski definition) is 4. The van der Waals surface area contributed by atoms with Gasteiger partial charge in [0.05, 0.1) is 0 Å². The van der Waals surface area contributed by atoms with Crippen LogP contribution in [0, 0.1) is 0 Å². The maximum Gasteiger partial charge on any atom is 0.285 e. The summed E-state index contributed by atoms with van der Waals surface area (Å²) in [6.07, 6.45) is 0. The molecule has 0 unspecified atom stereocenters. The number of aromatic hydroxyl groups is 1. The first-order chi connectivity index (χ1) is 6.25. The molecule has 1 aromatic carbocycles. The lowest BCUT2D eigenvalue weighted by molar-refractivity contribution is 0.475. The molecule has 0 amide bonds. The lowest BCUT2D eigenvalue weighted by Crippen LogP contribution is -1.76. The van der Waals surface area contributed by atoms with Crippen molar-refractivity contribution in [1.82, 2.24) is 10.2 Å². The van der Waals surface area contributed by atoms with E-state index in [-0.39, 0.29) is 5.75 Å². The van der Waals surface area contributed by atoms with Crippen LogP contribution in [0.2, 0.25) is 0 Å². The van der Waals surface area contributed by atoms with Crippen LogP contribution in [0.25, 0.3) is 11.5 Å². The molecule has 0 spiro atoms. The van der Waals surface area contributed by atoms with Gasteiger partial charge in [-0.05, 0) is 24.3 Å². The minimum atomic E-state index is 0.210. The molecule has 0 aliphatic carbocycles. The van der Waals surface area contributed by atoms with Crippen molar-refractivity contribution in [2.45, 2.75) is 0 Å². The second-order valence-corrected chi connectivity index (χ2v) is 3.09. The number of rotatable bonds is 1. The molecule has 2 rings (SSSR count). The van der Waals surface area contributed by atoms with Gasteiger partial charge in [-0.3, -0.25) is 0 Å². The minimum absolute atomic E-state index is 0.210. The highest BCUT2D eigenvalue weighted by Gasteiger charge is 2.05. The molecule has 13 heavy (non-hydrogen) atoms. The molecule has 1 aromatic heterocycles. The van der Waals surface area contributed by atoms with E-state index >= 15 is 0 Å². The molecule has 2 aromatic rings. The third kappa shape index (κ3) is 1.70. The molecule has 1 N–H and O–H groups in total. The second-order valence-electron chi connectivity index (χ2n) is 2.41. The first-order valence-electron chi connectivity index (χ1n) is 3.54. The fraction of sp³-hybridized carbons (Fsp3) is 0. The fourth-order valence-electron chi connectivity index (χ4n) is 0.926. The van der Waals surface area contributed by atoms with E-state index in [2.05, 4.69) is 26.1 Å². The van der Waals surface area contributed by atoms with Gasteiger partial charge >= 0.3 is 0 Å². The lowest BCUT2D eigenvalue weighted by atomic mass is 10.2. The molecule has 4 nitrogen and oxygen atoms in total. The van der Waals surface area contributed by atoms with E-state index in [0.717, 1.165) is 5.56 Å². The Morgan fingerprint density at radius 1 is 1.15 bits per heavy atom. The highest BCUT2D eigenvalue weighted by molar-refractivity contribution is 9.10. The average Bonchev–Trinajstić information content (AvgIpc) is 2.53. The van der Waals surface area contributed by atoms with Gasteiger partial charge < -0.3 is 9.52 Å². The Hall–Kier alpha value is -1.36. The van der Waals surface area contributed by atoms with E-state index in [0.29, 0.717) is 10.7 Å². The van der Waals surface area contributed by atoms with Gasteiger partial charge in [0.25, 0.3) is 4.80 Å². The summed E-state index contributed by atoms with van der Waals surface area (Å²) in [7, 11) is 0. The zero-order valence-corrected chi connectivity index (χ0v) is 8.02. The molecule has 5 heteroatoms. The Morgan fingerprint density at radius 2 is 1.85 bits per heavy atom. The Morgan fingerprint density at radius 3 is 2.38 bits per heavy atom. The molecule has 66 valence electrons. The molecule has 0 radical (unpaired) electrons. The molecule has 0 bridgehead atoms. The van der Waals surface area contributed by atoms with Crippen LogP contribution >= 0.6 is 15.9 Å². The van der Waals surface area contributed by atoms with Crippen molar-refractivity contribution in [2.24, 2.45) is 0 Å². The zero-order chi connectivity index (χ0) is 9.26. The van der Waals surface area contributed by atoms with E-state index in [1.54, 1.807) is 24.3 Å². The third-order valence-corrected chi connectivity index (χ3v) is 1.84. The number of phenolic OH excluding ortho intramolecular Hbond substituents is 1. The molecule has 0 aliphatic heterocycles. The van der Waals surface area contributed by atoms with Gasteiger partial charge in [-0.1, -0.05) is 0 Å². The molecule has 0 fully saturated rings. The summed E-state index contributed by atoms with van der Waals surface area (Å²) in [4.78, 5) is 0.343. The Labute approximate surface area is 82.4 Å². The van der Waals surface area contributed by atoms with Gasteiger partial charge in [-0.25, -0.2) is 0 Å². The Balaban J connectivity index is 2.41. The summed E-state index contributed by atoms with van der Waals surface area (Å²) >= 11 is 3.05. The predicted molar refractivity (Wildman–Crippen MR) is 49.1 cm³/mol. The topological polar surface area (TPSA) is 59.2 Å². The Kier molecular flexibility index (Phi) is 2.02. The van der Waals surface area contributed by atoms with Crippen molar-refractivity contribution < 1.29 is 9.52 Å². The first-order valence-corrected chi connectivity index (χ1v) is 4.33. The Bertz CT molecular complexity index is 410. The highest BCUT2D eigenvalue weighted by Crippen LogP contribution is 2.21. The van der Waals surface area contributed by atoms with Crippen LogP contribution in [-0.4, -0.2) is 15.3 Å². The number of halogens is 1. The quantitative estimate of drug-likeness (QED) is 0.831. The largest absolute Gasteiger partial charge is 0.508 e. The fourth-order valence-corrected chi connectivity index (χ4v) is 1.16. The van der Waals surface area contributed by atoms with E-state index in [1.165, 1.54) is 0 Å². The van der Waals surface area contributed by atoms with E-state index in [1.807, 2.05) is 0 Å². The normalized spacial score (nSPS) is 10.2. The van der Waals surface area contributed by atoms with Crippen LogP contribution in [0.4, 0.5) is 0 Å². The minimum Gasteiger partial charge on any atom is -0.508 e. The molecular formula is C8H5BrN2O2. The van der Waals surface area contributed by atoms with Crippen LogP contribution in [0.15, 0.2) is 33.5 Å². The van der Waals surface area contributed by atoms with E-state index in [4.69, 9.17) is 9.52 Å². The van der Waals surface area contributed by atoms with Crippen LogP contribution in [-0.2, 0) is 0 Å². The van der Waals surface area contributed by atoms with Gasteiger partial charge in [0, 0.05) is 21.5 Å². The zero-order valence-electron chi connectivity index (χ0n) is 6.44. The molecular weight excluding hydrogens is 236 g/mol. The van der Waals surface area contributed by atoms with Crippen molar-refractivity contribution in [3.63, 3.8) is 0 Å². The van der Waals surface area contributed by atoms with Crippen molar-refractivity contribution in [2.75, 3.05) is 0 Å². The second kappa shape index (κ2) is 3.18. The molecule has 0 saturated heterocycles.